The smallest absolute Gasteiger partial charge is 0.396 e. The minimum absolute atomic E-state index is 0.0151. The average Bonchev–Trinajstić information content (AvgIpc) is 2.87. The molecule has 38 heavy (non-hydrogen) atoms. The monoisotopic (exact) mass is 605 g/mol. The first kappa shape index (κ1) is 32.8. The number of rotatable bonds is 9. The Labute approximate surface area is 221 Å². The summed E-state index contributed by atoms with van der Waals surface area (Å²) in [6.07, 6.45) is 0. The molecule has 220 valence electrons. The van der Waals surface area contributed by atoms with Gasteiger partial charge in [-0.2, -0.15) is 30.7 Å². The molecule has 0 amide bonds. The molecule has 0 N–H and O–H groups in total. The molecule has 0 radical (unpaired) electrons. The Morgan fingerprint density at radius 2 is 1.08 bits per heavy atom. The summed E-state index contributed by atoms with van der Waals surface area (Å²) in [5.41, 5.74) is 0. The first-order valence-electron chi connectivity index (χ1n) is 10.6. The molecule has 0 saturated carbocycles. The lowest BCUT2D eigenvalue weighted by Crippen LogP contribution is -2.51. The Hall–Kier alpha value is -1.42. The second-order valence-corrected chi connectivity index (χ2v) is 8.45. The highest BCUT2D eigenvalue weighted by Gasteiger charge is 2.74. The van der Waals surface area contributed by atoms with Crippen molar-refractivity contribution < 1.29 is 78.6 Å². The van der Waals surface area contributed by atoms with E-state index in [0.29, 0.717) is 33.0 Å². The Bertz CT molecular complexity index is 812. The number of ether oxygens (including phenoxy) is 6. The van der Waals surface area contributed by atoms with Gasteiger partial charge in [-0.1, -0.05) is 0 Å². The van der Waals surface area contributed by atoms with Crippen molar-refractivity contribution in [1.29, 1.82) is 0 Å². The molecule has 0 aromatic heterocycles. The maximum atomic E-state index is 13.8. The van der Waals surface area contributed by atoms with Crippen LogP contribution in [0.1, 0.15) is 0 Å². The van der Waals surface area contributed by atoms with E-state index in [1.807, 2.05) is 0 Å². The molecule has 1 aromatic carbocycles. The standard InChI is InChI=1S/C19H24F6O11S2/c20-17(21,19(24,25)38-36-34-26)18(22,23)37-35-33-14-1-2-15-16(13-14)32-12-10-30-8-6-28-4-3-27-5-7-29-9-11-31-15/h1-2,13,26H,3-12H2/p-1. The second kappa shape index (κ2) is 16.6. The molecular formula is C19H23F6O11S2-. The van der Waals surface area contributed by atoms with Gasteiger partial charge in [-0.05, 0) is 12.1 Å². The summed E-state index contributed by atoms with van der Waals surface area (Å²) in [5, 5.41) is 0.955. The molecule has 19 heteroatoms. The second-order valence-electron chi connectivity index (χ2n) is 6.82. The van der Waals surface area contributed by atoms with Gasteiger partial charge < -0.3 is 38.6 Å². The predicted octanol–water partition coefficient (Wildman–Crippen LogP) is 3.18. The van der Waals surface area contributed by atoms with E-state index in [1.165, 1.54) is 6.07 Å². The topological polar surface area (TPSA) is 115 Å². The van der Waals surface area contributed by atoms with Crippen molar-refractivity contribution in [3.8, 4) is 17.2 Å². The van der Waals surface area contributed by atoms with E-state index < -0.39 is 40.5 Å². The molecule has 0 atom stereocenters. The van der Waals surface area contributed by atoms with Crippen molar-refractivity contribution in [2.24, 2.45) is 0 Å². The highest BCUT2D eigenvalue weighted by molar-refractivity contribution is 7.96. The zero-order valence-electron chi connectivity index (χ0n) is 19.4. The summed E-state index contributed by atoms with van der Waals surface area (Å²) in [6, 6.07) is 3.57. The zero-order chi connectivity index (χ0) is 27.9. The largest absolute Gasteiger partial charge is 0.691 e. The number of benzene rings is 1. The molecule has 0 unspecified atom stereocenters. The van der Waals surface area contributed by atoms with E-state index in [-0.39, 0.29) is 50.3 Å². The van der Waals surface area contributed by atoms with Crippen LogP contribution in [0.4, 0.5) is 26.3 Å². The number of fused-ring (bicyclic) bond motifs is 1. The fourth-order valence-corrected chi connectivity index (χ4v) is 3.23. The maximum absolute atomic E-state index is 13.8. The molecule has 0 bridgehead atoms. The molecule has 0 spiro atoms. The first-order valence-corrected chi connectivity index (χ1v) is 12.1. The lowest BCUT2D eigenvalue weighted by Gasteiger charge is -2.29. The molecule has 1 aliphatic rings. The minimum atomic E-state index is -6.05. The number of halogens is 6. The van der Waals surface area contributed by atoms with Crippen molar-refractivity contribution in [1.82, 2.24) is 0 Å². The Kier molecular flexibility index (Phi) is 14.4. The number of hydrogen-bond acceptors (Lipinski definition) is 13. The van der Waals surface area contributed by atoms with Crippen LogP contribution < -0.4 is 19.6 Å². The molecule has 1 heterocycles. The van der Waals surface area contributed by atoms with Gasteiger partial charge in [-0.3, -0.25) is 5.04 Å². The quantitative estimate of drug-likeness (QED) is 0.178. The summed E-state index contributed by atoms with van der Waals surface area (Å²) >= 11 is -2.99. The molecule has 11 nitrogen and oxygen atoms in total. The van der Waals surface area contributed by atoms with Crippen LogP contribution in [0.5, 0.6) is 17.2 Å². The van der Waals surface area contributed by atoms with Crippen LogP contribution in [0, 0.1) is 0 Å². The molecule has 1 aliphatic heterocycles. The van der Waals surface area contributed by atoms with Gasteiger partial charge in [-0.15, -0.1) is 4.33 Å². The third-order valence-corrected chi connectivity index (χ3v) is 5.36. The summed E-state index contributed by atoms with van der Waals surface area (Å²) in [5.74, 6) is -6.16. The predicted molar refractivity (Wildman–Crippen MR) is 115 cm³/mol. The van der Waals surface area contributed by atoms with Gasteiger partial charge in [0.2, 0.25) is 0 Å². The summed E-state index contributed by atoms with van der Waals surface area (Å²) < 4.78 is 121. The highest BCUT2D eigenvalue weighted by atomic mass is 32.2. The van der Waals surface area contributed by atoms with Gasteiger partial charge in [0, 0.05) is 6.07 Å². The summed E-state index contributed by atoms with van der Waals surface area (Å²) in [6.45, 7) is 2.48. The highest BCUT2D eigenvalue weighted by Crippen LogP contribution is 2.55. The van der Waals surface area contributed by atoms with Crippen LogP contribution in [0.2, 0.25) is 0 Å². The minimum Gasteiger partial charge on any atom is -0.691 e. The van der Waals surface area contributed by atoms with Crippen LogP contribution in [0.25, 0.3) is 0 Å². The zero-order valence-corrected chi connectivity index (χ0v) is 21.0. The van der Waals surface area contributed by atoms with Gasteiger partial charge in [0.25, 0.3) is 0 Å². The van der Waals surface area contributed by atoms with E-state index >= 15 is 0 Å². The fourth-order valence-electron chi connectivity index (χ4n) is 2.38. The van der Waals surface area contributed by atoms with Crippen LogP contribution in [0.3, 0.4) is 0 Å². The SMILES string of the molecule is [O-]OOSC(F)(F)C(F)(F)C(F)(F)SOOc1ccc2c(c1)OCCOCCOCCOCCOCCO2. The van der Waals surface area contributed by atoms with E-state index in [4.69, 9.17) is 28.4 Å². The average molecular weight is 606 g/mol. The van der Waals surface area contributed by atoms with Crippen molar-refractivity contribution >= 4 is 24.1 Å². The number of alkyl halides is 6. The van der Waals surface area contributed by atoms with E-state index in [0.717, 1.165) is 12.1 Å². The molecule has 0 fully saturated rings. The third-order valence-electron chi connectivity index (χ3n) is 4.17. The summed E-state index contributed by atoms with van der Waals surface area (Å²) in [4.78, 5) is 4.53. The first-order chi connectivity index (χ1) is 18.1. The van der Waals surface area contributed by atoms with Gasteiger partial charge in [0.15, 0.2) is 17.2 Å². The Morgan fingerprint density at radius 1 is 0.632 bits per heavy atom. The molecule has 2 rings (SSSR count). The lowest BCUT2D eigenvalue weighted by atomic mass is 10.3. The normalized spacial score (nSPS) is 17.9. The molecule has 1 aromatic rings. The van der Waals surface area contributed by atoms with Crippen molar-refractivity contribution in [2.45, 2.75) is 16.4 Å². The third kappa shape index (κ3) is 10.6. The van der Waals surface area contributed by atoms with Crippen molar-refractivity contribution in [2.75, 3.05) is 66.1 Å². The van der Waals surface area contributed by atoms with Crippen molar-refractivity contribution in [3.63, 3.8) is 0 Å². The van der Waals surface area contributed by atoms with E-state index in [9.17, 15) is 31.6 Å². The molecule has 0 saturated heterocycles. The van der Waals surface area contributed by atoms with Crippen LogP contribution >= 0.6 is 24.1 Å². The van der Waals surface area contributed by atoms with Crippen molar-refractivity contribution in [3.05, 3.63) is 18.2 Å². The van der Waals surface area contributed by atoms with Crippen LogP contribution in [-0.2, 0) is 32.7 Å². The Morgan fingerprint density at radius 3 is 1.58 bits per heavy atom. The number of hydrogen-bond donors (Lipinski definition) is 0. The van der Waals surface area contributed by atoms with Gasteiger partial charge in [0.1, 0.15) is 37.3 Å². The van der Waals surface area contributed by atoms with Gasteiger partial charge in [0.05, 0.1) is 52.9 Å². The lowest BCUT2D eigenvalue weighted by molar-refractivity contribution is -0.777. The molecular weight excluding hydrogens is 582 g/mol. The van der Waals surface area contributed by atoms with E-state index in [2.05, 4.69) is 18.6 Å². The maximum Gasteiger partial charge on any atom is 0.396 e. The van der Waals surface area contributed by atoms with Crippen LogP contribution in [0.15, 0.2) is 18.2 Å². The van der Waals surface area contributed by atoms with Crippen LogP contribution in [-0.4, -0.2) is 82.5 Å². The molecule has 0 aliphatic carbocycles. The van der Waals surface area contributed by atoms with E-state index in [1.54, 1.807) is 0 Å². The van der Waals surface area contributed by atoms with Gasteiger partial charge in [-0.25, -0.2) is 0 Å². The Balaban J connectivity index is 1.98. The van der Waals surface area contributed by atoms with Gasteiger partial charge >= 0.3 is 16.4 Å². The summed E-state index contributed by atoms with van der Waals surface area (Å²) in [7, 11) is 0. The fraction of sp³-hybridized carbons (Fsp3) is 0.684.